The molecule has 0 atom stereocenters. The van der Waals surface area contributed by atoms with Gasteiger partial charge in [0.25, 0.3) is 0 Å². The van der Waals surface area contributed by atoms with E-state index < -0.39 is 0 Å². The fourth-order valence-corrected chi connectivity index (χ4v) is 2.11. The Morgan fingerprint density at radius 2 is 2.06 bits per heavy atom. The van der Waals surface area contributed by atoms with Crippen LogP contribution >= 0.6 is 0 Å². The lowest BCUT2D eigenvalue weighted by atomic mass is 10.1. The van der Waals surface area contributed by atoms with Crippen LogP contribution in [0.3, 0.4) is 0 Å². The van der Waals surface area contributed by atoms with Crippen LogP contribution in [0.1, 0.15) is 19.8 Å². The summed E-state index contributed by atoms with van der Waals surface area (Å²) >= 11 is 0. The summed E-state index contributed by atoms with van der Waals surface area (Å²) in [4.78, 5) is 15.5. The molecule has 0 aromatic rings. The van der Waals surface area contributed by atoms with Crippen molar-refractivity contribution in [2.45, 2.75) is 25.8 Å². The van der Waals surface area contributed by atoms with Crippen LogP contribution in [0.15, 0.2) is 0 Å². The Kier molecular flexibility index (Phi) is 7.23. The predicted molar refractivity (Wildman–Crippen MR) is 72.7 cm³/mol. The lowest BCUT2D eigenvalue weighted by Gasteiger charge is -2.32. The molecular weight excluding hydrogens is 230 g/mol. The number of piperidine rings is 1. The lowest BCUT2D eigenvalue weighted by Crippen LogP contribution is -2.46. The van der Waals surface area contributed by atoms with Crippen molar-refractivity contribution in [2.75, 3.05) is 53.5 Å². The molecule has 0 saturated carbocycles. The summed E-state index contributed by atoms with van der Waals surface area (Å²) in [6.45, 7) is 7.08. The van der Waals surface area contributed by atoms with E-state index in [0.717, 1.165) is 45.7 Å². The molecule has 0 aromatic carbocycles. The quantitative estimate of drug-likeness (QED) is 0.660. The second kappa shape index (κ2) is 8.45. The van der Waals surface area contributed by atoms with Crippen LogP contribution in [0.25, 0.3) is 0 Å². The molecule has 0 unspecified atom stereocenters. The van der Waals surface area contributed by atoms with Gasteiger partial charge in [0.05, 0.1) is 13.2 Å². The van der Waals surface area contributed by atoms with Crippen molar-refractivity contribution < 1.29 is 9.53 Å². The SMILES string of the molecule is CCOCCNC1CCN(CC(=O)N(C)C)CC1. The Morgan fingerprint density at radius 1 is 1.39 bits per heavy atom. The second-order valence-corrected chi connectivity index (χ2v) is 4.99. The normalized spacial score (nSPS) is 17.9. The van der Waals surface area contributed by atoms with Gasteiger partial charge in [-0.05, 0) is 19.8 Å². The summed E-state index contributed by atoms with van der Waals surface area (Å²) in [7, 11) is 3.62. The van der Waals surface area contributed by atoms with Gasteiger partial charge in [0, 0.05) is 46.4 Å². The average Bonchev–Trinajstić information content (AvgIpc) is 2.36. The highest BCUT2D eigenvalue weighted by atomic mass is 16.5. The fourth-order valence-electron chi connectivity index (χ4n) is 2.11. The number of hydrogen-bond donors (Lipinski definition) is 1. The minimum atomic E-state index is 0.192. The third kappa shape index (κ3) is 5.80. The molecule has 0 spiro atoms. The Hall–Kier alpha value is -0.650. The Bertz CT molecular complexity index is 238. The molecule has 1 fully saturated rings. The summed E-state index contributed by atoms with van der Waals surface area (Å²) in [5, 5.41) is 3.51. The predicted octanol–water partition coefficient (Wildman–Crippen LogP) is 0.165. The summed E-state index contributed by atoms with van der Waals surface area (Å²) in [5.74, 6) is 0.192. The van der Waals surface area contributed by atoms with E-state index in [-0.39, 0.29) is 5.91 Å². The first-order valence-corrected chi connectivity index (χ1v) is 6.87. The molecule has 0 radical (unpaired) electrons. The summed E-state index contributed by atoms with van der Waals surface area (Å²) in [6, 6.07) is 0.580. The molecular formula is C13H27N3O2. The van der Waals surface area contributed by atoms with E-state index in [1.165, 1.54) is 0 Å². The minimum Gasteiger partial charge on any atom is -0.380 e. The van der Waals surface area contributed by atoms with Crippen molar-refractivity contribution in [3.63, 3.8) is 0 Å². The standard InChI is InChI=1S/C13H27N3O2/c1-4-18-10-7-14-12-5-8-16(9-6-12)11-13(17)15(2)3/h12,14H,4-11H2,1-3H3. The number of carbonyl (C=O) groups is 1. The van der Waals surface area contributed by atoms with Crippen molar-refractivity contribution in [2.24, 2.45) is 0 Å². The minimum absolute atomic E-state index is 0.192. The molecule has 0 bridgehead atoms. The van der Waals surface area contributed by atoms with Gasteiger partial charge in [-0.3, -0.25) is 9.69 Å². The molecule has 1 N–H and O–H groups in total. The lowest BCUT2D eigenvalue weighted by molar-refractivity contribution is -0.130. The molecule has 5 heteroatoms. The first kappa shape index (κ1) is 15.4. The van der Waals surface area contributed by atoms with Crippen molar-refractivity contribution in [3.8, 4) is 0 Å². The second-order valence-electron chi connectivity index (χ2n) is 4.99. The number of carbonyl (C=O) groups excluding carboxylic acids is 1. The first-order chi connectivity index (χ1) is 8.63. The summed E-state index contributed by atoms with van der Waals surface area (Å²) in [6.07, 6.45) is 2.24. The maximum atomic E-state index is 11.6. The van der Waals surface area contributed by atoms with Crippen LogP contribution in [-0.4, -0.2) is 75.2 Å². The van der Waals surface area contributed by atoms with Gasteiger partial charge in [0.2, 0.25) is 5.91 Å². The zero-order valence-corrected chi connectivity index (χ0v) is 11.9. The Balaban J connectivity index is 2.11. The topological polar surface area (TPSA) is 44.8 Å². The molecule has 0 aliphatic carbocycles. The maximum absolute atomic E-state index is 11.6. The maximum Gasteiger partial charge on any atom is 0.236 e. The Morgan fingerprint density at radius 3 is 2.61 bits per heavy atom. The largest absolute Gasteiger partial charge is 0.380 e. The molecule has 106 valence electrons. The number of nitrogens with zero attached hydrogens (tertiary/aromatic N) is 2. The van der Waals surface area contributed by atoms with Crippen molar-refractivity contribution in [3.05, 3.63) is 0 Å². The smallest absolute Gasteiger partial charge is 0.236 e. The molecule has 1 aliphatic rings. The molecule has 1 amide bonds. The van der Waals surface area contributed by atoms with E-state index in [0.29, 0.717) is 12.6 Å². The number of likely N-dealkylation sites (tertiary alicyclic amines) is 1. The van der Waals surface area contributed by atoms with Crippen LogP contribution in [0.2, 0.25) is 0 Å². The van der Waals surface area contributed by atoms with Gasteiger partial charge >= 0.3 is 0 Å². The van der Waals surface area contributed by atoms with Crippen LogP contribution in [0, 0.1) is 0 Å². The van der Waals surface area contributed by atoms with E-state index in [1.54, 1.807) is 4.90 Å². The molecule has 5 nitrogen and oxygen atoms in total. The van der Waals surface area contributed by atoms with Gasteiger partial charge in [-0.1, -0.05) is 0 Å². The van der Waals surface area contributed by atoms with Gasteiger partial charge < -0.3 is 15.0 Å². The number of hydrogen-bond acceptors (Lipinski definition) is 4. The highest BCUT2D eigenvalue weighted by molar-refractivity contribution is 5.77. The molecule has 0 aromatic heterocycles. The average molecular weight is 257 g/mol. The summed E-state index contributed by atoms with van der Waals surface area (Å²) in [5.41, 5.74) is 0. The third-order valence-electron chi connectivity index (χ3n) is 3.33. The number of likely N-dealkylation sites (N-methyl/N-ethyl adjacent to an activating group) is 1. The first-order valence-electron chi connectivity index (χ1n) is 6.87. The van der Waals surface area contributed by atoms with Crippen LogP contribution in [0.5, 0.6) is 0 Å². The molecule has 1 heterocycles. The zero-order chi connectivity index (χ0) is 13.4. The van der Waals surface area contributed by atoms with E-state index in [2.05, 4.69) is 10.2 Å². The number of amides is 1. The van der Waals surface area contributed by atoms with Crippen LogP contribution < -0.4 is 5.32 Å². The van der Waals surface area contributed by atoms with Crippen molar-refractivity contribution >= 4 is 5.91 Å². The van der Waals surface area contributed by atoms with Crippen molar-refractivity contribution in [1.82, 2.24) is 15.1 Å². The number of nitrogens with one attached hydrogen (secondary N) is 1. The van der Waals surface area contributed by atoms with Gasteiger partial charge in [-0.25, -0.2) is 0 Å². The fraction of sp³-hybridized carbons (Fsp3) is 0.923. The van der Waals surface area contributed by atoms with Gasteiger partial charge in [0.1, 0.15) is 0 Å². The summed E-state index contributed by atoms with van der Waals surface area (Å²) < 4.78 is 5.30. The van der Waals surface area contributed by atoms with E-state index in [9.17, 15) is 4.79 Å². The van der Waals surface area contributed by atoms with Gasteiger partial charge in [0.15, 0.2) is 0 Å². The van der Waals surface area contributed by atoms with E-state index >= 15 is 0 Å². The van der Waals surface area contributed by atoms with Gasteiger partial charge in [-0.15, -0.1) is 0 Å². The molecule has 1 saturated heterocycles. The van der Waals surface area contributed by atoms with Crippen LogP contribution in [0.4, 0.5) is 0 Å². The molecule has 1 aliphatic heterocycles. The van der Waals surface area contributed by atoms with Crippen molar-refractivity contribution in [1.29, 1.82) is 0 Å². The monoisotopic (exact) mass is 257 g/mol. The molecule has 1 rings (SSSR count). The van der Waals surface area contributed by atoms with E-state index in [4.69, 9.17) is 4.74 Å². The molecule has 18 heavy (non-hydrogen) atoms. The zero-order valence-electron chi connectivity index (χ0n) is 11.9. The number of ether oxygens (including phenoxy) is 1. The third-order valence-corrected chi connectivity index (χ3v) is 3.33. The van der Waals surface area contributed by atoms with E-state index in [1.807, 2.05) is 21.0 Å². The van der Waals surface area contributed by atoms with Crippen LogP contribution in [-0.2, 0) is 9.53 Å². The highest BCUT2D eigenvalue weighted by Crippen LogP contribution is 2.09. The Labute approximate surface area is 110 Å². The highest BCUT2D eigenvalue weighted by Gasteiger charge is 2.20. The number of rotatable bonds is 7. The van der Waals surface area contributed by atoms with Gasteiger partial charge in [-0.2, -0.15) is 0 Å².